The normalized spacial score (nSPS) is 30.8. The van der Waals surface area contributed by atoms with Gasteiger partial charge in [0.1, 0.15) is 101 Å². The maximum atomic E-state index is 16.6. The molecule has 18 atom stereocenters. The molecule has 17 rings (SSSR count). The van der Waals surface area contributed by atoms with E-state index in [1.165, 1.54) is 76.5 Å². The van der Waals surface area contributed by atoms with Gasteiger partial charge in [-0.15, -0.1) is 0 Å². The number of methoxy groups -OCH3 is 1. The molecule has 122 heavy (non-hydrogen) atoms. The number of benzene rings is 6. The van der Waals surface area contributed by atoms with Crippen LogP contribution in [0.2, 0.25) is 10.0 Å². The smallest absolute Gasteiger partial charge is 0.325 e. The Kier molecular flexibility index (Phi) is 25.9. The number of rotatable bonds is 16. The van der Waals surface area contributed by atoms with Crippen molar-refractivity contribution in [2.45, 2.75) is 194 Å². The number of aliphatic hydroxyl groups is 6. The number of nitrogens with one attached hydrogen (secondary N) is 10. The molecule has 0 aromatic heterocycles. The van der Waals surface area contributed by atoms with E-state index in [0.29, 0.717) is 17.6 Å². The third kappa shape index (κ3) is 18.5. The molecule has 11 aliphatic rings. The van der Waals surface area contributed by atoms with Gasteiger partial charge in [0.2, 0.25) is 59.3 Å². The fourth-order valence-corrected chi connectivity index (χ4v) is 18.4. The summed E-state index contributed by atoms with van der Waals surface area (Å²) in [6, 6.07) is 4.45. The maximum Gasteiger partial charge on any atom is 0.325 e. The molecule has 7 heterocycles. The van der Waals surface area contributed by atoms with Crippen LogP contribution < -0.4 is 77.8 Å². The summed E-state index contributed by atoms with van der Waals surface area (Å²) in [6.07, 6.45) is -14.6. The summed E-state index contributed by atoms with van der Waals surface area (Å²) in [5.41, 5.74) is 3.02. The van der Waals surface area contributed by atoms with Crippen LogP contribution in [0.4, 0.5) is 10.5 Å². The van der Waals surface area contributed by atoms with E-state index < -0.39 is 227 Å². The van der Waals surface area contributed by atoms with Gasteiger partial charge in [-0.05, 0) is 196 Å². The average molecular weight is 1730 g/mol. The second kappa shape index (κ2) is 36.0. The molecule has 652 valence electrons. The van der Waals surface area contributed by atoms with Gasteiger partial charge in [0, 0.05) is 40.9 Å². The highest BCUT2D eigenvalue weighted by Crippen LogP contribution is 2.55. The molecule has 10 amide bonds. The summed E-state index contributed by atoms with van der Waals surface area (Å²) >= 11 is 14.5. The molecule has 7 aliphatic heterocycles. The summed E-state index contributed by atoms with van der Waals surface area (Å²) in [5.74, 6) is -13.4. The highest BCUT2D eigenvalue weighted by atomic mass is 35.5. The molecule has 2 saturated heterocycles. The van der Waals surface area contributed by atoms with Crippen LogP contribution in [0.25, 0.3) is 11.1 Å². The van der Waals surface area contributed by atoms with E-state index in [4.69, 9.17) is 62.1 Å². The van der Waals surface area contributed by atoms with E-state index >= 15 is 28.8 Å². The number of imide groups is 1. The first-order valence-electron chi connectivity index (χ1n) is 40.0. The van der Waals surface area contributed by atoms with E-state index in [9.17, 15) is 60.3 Å². The van der Waals surface area contributed by atoms with Gasteiger partial charge in [0.25, 0.3) is 0 Å². The highest BCUT2D eigenvalue weighted by molar-refractivity contribution is 6.32. The van der Waals surface area contributed by atoms with E-state index in [1.807, 2.05) is 13.8 Å². The molecule has 0 radical (unpaired) electrons. The van der Waals surface area contributed by atoms with Gasteiger partial charge in [-0.2, -0.15) is 0 Å². The summed E-state index contributed by atoms with van der Waals surface area (Å²) in [4.78, 5) is 138. The van der Waals surface area contributed by atoms with Crippen molar-refractivity contribution in [2.24, 2.45) is 35.3 Å². The molecule has 38 heteroatoms. The molecular formula is C84H97Cl2N11O25. The zero-order valence-electron chi connectivity index (χ0n) is 66.8. The van der Waals surface area contributed by atoms with Crippen molar-refractivity contribution in [3.63, 3.8) is 0 Å². The maximum absolute atomic E-state index is 16.6. The Labute approximate surface area is 708 Å². The fourth-order valence-electron chi connectivity index (χ4n) is 17.9. The number of phenolic OH excluding ortho intramolecular Hbond substituents is 3. The Morgan fingerprint density at radius 1 is 0.664 bits per heavy atom. The number of carbonyl (C=O) groups excluding carboxylic acids is 9. The molecule has 6 fully saturated rings. The van der Waals surface area contributed by atoms with Crippen LogP contribution in [-0.4, -0.2) is 205 Å². The SMILES string of the molecule is CN[C@H](CC(C)C)C(=O)NC1C(=O)NC(CC(=O)NC(=O)Nc2ccc(OC)cc2)C(=O)NC2C(=O)N[C@H]3C(=O)N[C@H](C(=O)N[C@@H](C(=O)NC4C5CC6CC(C5)CC4C6)c4cc(O)cc(O)c4-c4cc3ccc4O)[C@H](O)c3ccc(c(Cl)c3)Oc3cc2cc(c3O[C@H]2O[C@H](CO)[C@@H](O)[C@H](O)[C@H]2OC2C[C@](C)(N)[C@H](O)[C@H](C)O2)Oc2ccc(cc2Cl)[C@H]1O. The third-order valence-corrected chi connectivity index (χ3v) is 24.5. The summed E-state index contributed by atoms with van der Waals surface area (Å²) in [6.45, 7) is 5.66. The molecule has 4 unspecified atom stereocenters. The number of halogens is 2. The van der Waals surface area contributed by atoms with Crippen LogP contribution in [0.5, 0.6) is 51.7 Å². The summed E-state index contributed by atoms with van der Waals surface area (Å²) < 4.78 is 44.2. The monoisotopic (exact) mass is 1730 g/mol. The van der Waals surface area contributed by atoms with Crippen LogP contribution >= 0.6 is 23.2 Å². The first-order valence-corrected chi connectivity index (χ1v) is 40.8. The van der Waals surface area contributed by atoms with Crippen LogP contribution in [0.3, 0.4) is 0 Å². The van der Waals surface area contributed by atoms with Gasteiger partial charge < -0.3 is 133 Å². The zero-order valence-corrected chi connectivity index (χ0v) is 68.4. The van der Waals surface area contributed by atoms with E-state index in [2.05, 4.69) is 53.2 Å². The quantitative estimate of drug-likeness (QED) is 0.0654. The fraction of sp³-hybridized carbons (Fsp3) is 0.464. The first-order chi connectivity index (χ1) is 58.0. The molecule has 36 nitrogen and oxygen atoms in total. The Morgan fingerprint density at radius 2 is 1.28 bits per heavy atom. The van der Waals surface area contributed by atoms with E-state index in [1.54, 1.807) is 0 Å². The molecule has 4 saturated carbocycles. The van der Waals surface area contributed by atoms with Crippen LogP contribution in [-0.2, 0) is 52.6 Å². The number of ether oxygens (including phenoxy) is 7. The third-order valence-electron chi connectivity index (χ3n) is 23.9. The number of nitrogens with two attached hydrogens (primary N) is 1. The van der Waals surface area contributed by atoms with Gasteiger partial charge in [-0.1, -0.05) is 55.2 Å². The number of fused-ring (bicyclic) bond motifs is 15. The van der Waals surface area contributed by atoms with Crippen LogP contribution in [0, 0.1) is 29.6 Å². The minimum atomic E-state index is -2.42. The minimum Gasteiger partial charge on any atom is -0.508 e. The van der Waals surface area contributed by atoms with Crippen molar-refractivity contribution in [1.29, 1.82) is 0 Å². The Morgan fingerprint density at radius 3 is 1.89 bits per heavy atom. The van der Waals surface area contributed by atoms with Crippen molar-refractivity contribution in [1.82, 2.24) is 47.9 Å². The molecule has 6 aromatic rings. The van der Waals surface area contributed by atoms with E-state index in [-0.39, 0.29) is 86.2 Å². The molecule has 21 N–H and O–H groups in total. The van der Waals surface area contributed by atoms with Gasteiger partial charge >= 0.3 is 6.03 Å². The van der Waals surface area contributed by atoms with Crippen LogP contribution in [0.1, 0.15) is 137 Å². The van der Waals surface area contributed by atoms with Crippen molar-refractivity contribution in [3.8, 4) is 62.9 Å². The molecule has 0 spiro atoms. The number of aromatic hydroxyl groups is 3. The number of anilines is 1. The topological polar surface area (TPSA) is 547 Å². The van der Waals surface area contributed by atoms with Crippen molar-refractivity contribution >= 4 is 82.2 Å². The molecule has 4 aliphatic carbocycles. The predicted octanol–water partition coefficient (Wildman–Crippen LogP) is 3.83. The van der Waals surface area contributed by atoms with Gasteiger partial charge in [-0.3, -0.25) is 43.7 Å². The van der Waals surface area contributed by atoms with Crippen molar-refractivity contribution in [2.75, 3.05) is 26.1 Å². The lowest BCUT2D eigenvalue weighted by atomic mass is 9.54. The highest BCUT2D eigenvalue weighted by Gasteiger charge is 2.53. The number of carbonyl (C=O) groups is 9. The molecule has 15 bridgehead atoms. The van der Waals surface area contributed by atoms with Gasteiger partial charge in [0.05, 0.1) is 48.4 Å². The number of hydrogen-bond donors (Lipinski definition) is 20. The second-order valence-electron chi connectivity index (χ2n) is 33.1. The van der Waals surface area contributed by atoms with Crippen LogP contribution in [0.15, 0.2) is 103 Å². The number of phenols is 3. The summed E-state index contributed by atoms with van der Waals surface area (Å²) in [5, 5.41) is 132. The van der Waals surface area contributed by atoms with Crippen molar-refractivity contribution in [3.05, 3.63) is 141 Å². The van der Waals surface area contributed by atoms with Crippen molar-refractivity contribution < 1.29 is 122 Å². The number of likely N-dealkylation sites (N-methyl/N-ethyl adjacent to an activating group) is 1. The second-order valence-corrected chi connectivity index (χ2v) is 33.9. The van der Waals surface area contributed by atoms with Gasteiger partial charge in [-0.25, -0.2) is 4.79 Å². The number of aliphatic hydroxyl groups excluding tert-OH is 6. The minimum absolute atomic E-state index is 0.0540. The predicted molar refractivity (Wildman–Crippen MR) is 432 cm³/mol. The number of urea groups is 1. The zero-order chi connectivity index (χ0) is 87.4. The average Bonchev–Trinajstić information content (AvgIpc) is 0.759. The molecule has 6 aromatic carbocycles. The van der Waals surface area contributed by atoms with Gasteiger partial charge in [0.15, 0.2) is 23.9 Å². The number of amides is 10. The standard InChI is InChI=1S/C84H97Cl2N11O25/c1-33(2)17-50(88-5)75(108)96-66-68(103)38-8-15-54(48(85)24-38)118-56-26-42-27-57(72(56)122-82-73(71(106)70(105)58(32-98)120-82)121-60-31-84(4,87)74(107)34(3)117-60)119-55-16-9-39(25-49(55)86)69(104)67-81(114)95-65(79(112)92-62-40-19-35-18-36(21-40)22-41(62)20-35)47-28-44(99)29-53(101)61(47)46-23-37(7-14-52(46)100)63(77(110)97-67)94-78(111)64(42)93-76(109)51(90-80(66)113)30-59(102)91-83(115)89-43-10-12-45(116-6)13-11-43/h7-16,23-29,33-36,40-41,50-51,58,60,62-71,73-74,82,88,98-101,103-107H,17-22,30-32,87H2,1-6H3,(H,90,113)(H,92,112)(H,93,109)(H,94,111)(H,95,114)(H,96,108)(H,97,110)(H2,89,91,102,115)/t34-,35?,36?,40?,41?,50+,51?,58+,60?,62?,63+,64?,65+,66?,67-,68+,69+,70+,71-,73+,74+,82+,84-/m0/s1. The Hall–Kier alpha value is -10.7. The summed E-state index contributed by atoms with van der Waals surface area (Å²) in [7, 11) is 2.88. The lowest BCUT2D eigenvalue weighted by Gasteiger charge is -2.54. The first kappa shape index (κ1) is 87.6. The Bertz CT molecular complexity index is 5020. The largest absolute Gasteiger partial charge is 0.508 e. The lowest BCUT2D eigenvalue weighted by molar-refractivity contribution is -0.333. The Balaban J connectivity index is 0.965. The van der Waals surface area contributed by atoms with E-state index in [0.717, 1.165) is 86.7 Å². The lowest BCUT2D eigenvalue weighted by Crippen LogP contribution is -2.64. The molecular weight excluding hydrogens is 1630 g/mol. The number of hydrogen-bond acceptors (Lipinski definition) is 27.